The van der Waals surface area contributed by atoms with E-state index in [1.807, 2.05) is 0 Å². The van der Waals surface area contributed by atoms with Crippen molar-refractivity contribution in [2.45, 2.75) is 4.21 Å². The molecule has 6 nitrogen and oxygen atoms in total. The topological polar surface area (TPSA) is 96.4 Å². The van der Waals surface area contributed by atoms with Crippen LogP contribution in [0.2, 0.25) is 0 Å². The standard InChI is InChI=1S/C10H8N2O4S2/c13-10(14)7-3-1-4-8(11-7)12-18(15,16)9-5-2-6-17-9/h1-6H,(H,11,12)(H,13,14). The van der Waals surface area contributed by atoms with E-state index in [1.165, 1.54) is 24.3 Å². The fraction of sp³-hybridized carbons (Fsp3) is 0. The number of anilines is 1. The third kappa shape index (κ3) is 2.66. The number of aromatic nitrogens is 1. The highest BCUT2D eigenvalue weighted by molar-refractivity contribution is 7.94. The van der Waals surface area contributed by atoms with E-state index in [2.05, 4.69) is 9.71 Å². The molecule has 2 heterocycles. The van der Waals surface area contributed by atoms with E-state index in [0.29, 0.717) is 0 Å². The Hall–Kier alpha value is -1.93. The molecule has 94 valence electrons. The Kier molecular flexibility index (Phi) is 3.30. The number of carbonyl (C=O) groups is 1. The molecule has 0 saturated heterocycles. The second kappa shape index (κ2) is 4.75. The molecule has 0 saturated carbocycles. The van der Waals surface area contributed by atoms with E-state index in [1.54, 1.807) is 11.4 Å². The molecule has 2 N–H and O–H groups in total. The number of aromatic carboxylic acids is 1. The molecule has 2 aromatic rings. The lowest BCUT2D eigenvalue weighted by Crippen LogP contribution is -2.13. The minimum absolute atomic E-state index is 0.0247. The Balaban J connectivity index is 2.30. The van der Waals surface area contributed by atoms with Crippen LogP contribution in [0, 0.1) is 0 Å². The molecule has 18 heavy (non-hydrogen) atoms. The Bertz CT molecular complexity index is 665. The summed E-state index contributed by atoms with van der Waals surface area (Å²) in [5.41, 5.74) is -0.221. The number of thiophene rings is 1. The monoisotopic (exact) mass is 284 g/mol. The molecule has 0 aliphatic carbocycles. The Labute approximate surface area is 107 Å². The maximum Gasteiger partial charge on any atom is 0.354 e. The van der Waals surface area contributed by atoms with Gasteiger partial charge < -0.3 is 5.11 Å². The molecule has 0 aliphatic heterocycles. The van der Waals surface area contributed by atoms with Crippen LogP contribution in [0.1, 0.15) is 10.5 Å². The lowest BCUT2D eigenvalue weighted by molar-refractivity contribution is 0.0690. The van der Waals surface area contributed by atoms with E-state index in [4.69, 9.17) is 5.11 Å². The Morgan fingerprint density at radius 2 is 2.06 bits per heavy atom. The summed E-state index contributed by atoms with van der Waals surface area (Å²) in [4.78, 5) is 14.4. The zero-order chi connectivity index (χ0) is 13.2. The summed E-state index contributed by atoms with van der Waals surface area (Å²) in [6, 6.07) is 7.15. The van der Waals surface area contributed by atoms with E-state index >= 15 is 0 Å². The number of nitrogens with one attached hydrogen (secondary N) is 1. The van der Waals surface area contributed by atoms with Gasteiger partial charge in [0.25, 0.3) is 10.0 Å². The zero-order valence-electron chi connectivity index (χ0n) is 8.90. The first-order valence-corrected chi connectivity index (χ1v) is 7.12. The van der Waals surface area contributed by atoms with Gasteiger partial charge in [0, 0.05) is 0 Å². The maximum atomic E-state index is 11.9. The summed E-state index contributed by atoms with van der Waals surface area (Å²) in [6.45, 7) is 0. The van der Waals surface area contributed by atoms with Gasteiger partial charge in [-0.25, -0.2) is 18.2 Å². The van der Waals surface area contributed by atoms with Crippen molar-refractivity contribution in [2.75, 3.05) is 4.72 Å². The zero-order valence-corrected chi connectivity index (χ0v) is 10.5. The molecule has 0 bridgehead atoms. The number of carboxylic acids is 1. The first-order chi connectivity index (χ1) is 8.49. The Morgan fingerprint density at radius 1 is 1.28 bits per heavy atom. The maximum absolute atomic E-state index is 11.9. The predicted molar refractivity (Wildman–Crippen MR) is 66.3 cm³/mol. The largest absolute Gasteiger partial charge is 0.477 e. The molecule has 0 atom stereocenters. The quantitative estimate of drug-likeness (QED) is 0.889. The van der Waals surface area contributed by atoms with Crippen LogP contribution in [0.25, 0.3) is 0 Å². The van der Waals surface area contributed by atoms with Gasteiger partial charge in [-0.3, -0.25) is 4.72 Å². The number of hydrogen-bond donors (Lipinski definition) is 2. The summed E-state index contributed by atoms with van der Waals surface area (Å²) in [7, 11) is -3.70. The van der Waals surface area contributed by atoms with Crippen molar-refractivity contribution >= 4 is 33.1 Å². The van der Waals surface area contributed by atoms with E-state index in [9.17, 15) is 13.2 Å². The van der Waals surface area contributed by atoms with Crippen molar-refractivity contribution in [3.8, 4) is 0 Å². The first-order valence-electron chi connectivity index (χ1n) is 4.76. The molecule has 0 unspecified atom stereocenters. The second-order valence-electron chi connectivity index (χ2n) is 3.25. The molecular weight excluding hydrogens is 276 g/mol. The van der Waals surface area contributed by atoms with Gasteiger partial charge in [0.2, 0.25) is 0 Å². The summed E-state index contributed by atoms with van der Waals surface area (Å²) < 4.78 is 26.1. The average Bonchev–Trinajstić information content (AvgIpc) is 2.82. The SMILES string of the molecule is O=C(O)c1cccc(NS(=O)(=O)c2cccs2)n1. The van der Waals surface area contributed by atoms with Crippen LogP contribution in [0.5, 0.6) is 0 Å². The minimum atomic E-state index is -3.70. The van der Waals surface area contributed by atoms with Crippen LogP contribution in [0.3, 0.4) is 0 Å². The number of rotatable bonds is 4. The molecule has 0 aliphatic rings. The molecule has 0 amide bonds. The first kappa shape index (κ1) is 12.5. The van der Waals surface area contributed by atoms with E-state index in [0.717, 1.165) is 11.3 Å². The number of carboxylic acid groups (broad SMARTS) is 1. The van der Waals surface area contributed by atoms with Gasteiger partial charge in [-0.1, -0.05) is 12.1 Å². The number of pyridine rings is 1. The van der Waals surface area contributed by atoms with Gasteiger partial charge in [-0.15, -0.1) is 11.3 Å². The summed E-state index contributed by atoms with van der Waals surface area (Å²) in [6.07, 6.45) is 0. The highest BCUT2D eigenvalue weighted by Gasteiger charge is 2.16. The smallest absolute Gasteiger partial charge is 0.354 e. The fourth-order valence-electron chi connectivity index (χ4n) is 1.22. The molecule has 0 radical (unpaired) electrons. The summed E-state index contributed by atoms with van der Waals surface area (Å²) >= 11 is 1.07. The summed E-state index contributed by atoms with van der Waals surface area (Å²) in [5.74, 6) is -1.24. The predicted octanol–water partition coefficient (Wildman–Crippen LogP) is 1.64. The molecular formula is C10H8N2O4S2. The van der Waals surface area contributed by atoms with Crippen LogP contribution in [-0.2, 0) is 10.0 Å². The highest BCUT2D eigenvalue weighted by Crippen LogP contribution is 2.19. The van der Waals surface area contributed by atoms with Crippen LogP contribution < -0.4 is 4.72 Å². The average molecular weight is 284 g/mol. The molecule has 0 spiro atoms. The van der Waals surface area contributed by atoms with Crippen LogP contribution in [-0.4, -0.2) is 24.5 Å². The molecule has 0 fully saturated rings. The summed E-state index contributed by atoms with van der Waals surface area (Å²) in [5, 5.41) is 10.4. The minimum Gasteiger partial charge on any atom is -0.477 e. The normalized spacial score (nSPS) is 11.1. The van der Waals surface area contributed by atoms with Crippen LogP contribution >= 0.6 is 11.3 Å². The van der Waals surface area contributed by atoms with Gasteiger partial charge in [-0.2, -0.15) is 0 Å². The number of hydrogen-bond acceptors (Lipinski definition) is 5. The van der Waals surface area contributed by atoms with Crippen molar-refractivity contribution in [1.29, 1.82) is 0 Å². The van der Waals surface area contributed by atoms with Crippen molar-refractivity contribution < 1.29 is 18.3 Å². The fourth-order valence-corrected chi connectivity index (χ4v) is 3.21. The van der Waals surface area contributed by atoms with Crippen molar-refractivity contribution in [3.05, 3.63) is 41.4 Å². The third-order valence-electron chi connectivity index (χ3n) is 1.97. The van der Waals surface area contributed by atoms with Crippen molar-refractivity contribution in [1.82, 2.24) is 4.98 Å². The van der Waals surface area contributed by atoms with E-state index in [-0.39, 0.29) is 15.7 Å². The number of nitrogens with zero attached hydrogens (tertiary/aromatic N) is 1. The second-order valence-corrected chi connectivity index (χ2v) is 6.11. The van der Waals surface area contributed by atoms with Gasteiger partial charge >= 0.3 is 5.97 Å². The van der Waals surface area contributed by atoms with Gasteiger partial charge in [0.05, 0.1) is 0 Å². The van der Waals surface area contributed by atoms with Gasteiger partial charge in [-0.05, 0) is 23.6 Å². The molecule has 0 aromatic carbocycles. The highest BCUT2D eigenvalue weighted by atomic mass is 32.2. The van der Waals surface area contributed by atoms with Gasteiger partial charge in [0.15, 0.2) is 5.69 Å². The van der Waals surface area contributed by atoms with Crippen LogP contribution in [0.15, 0.2) is 39.9 Å². The number of sulfonamides is 1. The third-order valence-corrected chi connectivity index (χ3v) is 4.72. The lowest BCUT2D eigenvalue weighted by Gasteiger charge is -2.05. The van der Waals surface area contributed by atoms with Gasteiger partial charge in [0.1, 0.15) is 10.0 Å². The van der Waals surface area contributed by atoms with E-state index < -0.39 is 16.0 Å². The molecule has 2 aromatic heterocycles. The molecule has 8 heteroatoms. The van der Waals surface area contributed by atoms with Crippen molar-refractivity contribution in [2.24, 2.45) is 0 Å². The van der Waals surface area contributed by atoms with Crippen LogP contribution in [0.4, 0.5) is 5.82 Å². The molecule has 2 rings (SSSR count). The van der Waals surface area contributed by atoms with Crippen molar-refractivity contribution in [3.63, 3.8) is 0 Å². The lowest BCUT2D eigenvalue weighted by atomic mass is 10.3. The Morgan fingerprint density at radius 3 is 2.67 bits per heavy atom.